The van der Waals surface area contributed by atoms with E-state index in [0.717, 1.165) is 51.0 Å². The molecule has 1 atom stereocenters. The van der Waals surface area contributed by atoms with Crippen molar-refractivity contribution in [2.75, 3.05) is 25.1 Å². The number of nitrogens with zero attached hydrogens (tertiary/aromatic N) is 3. The topological polar surface area (TPSA) is 84.8 Å². The van der Waals surface area contributed by atoms with E-state index in [0.29, 0.717) is 23.3 Å². The van der Waals surface area contributed by atoms with Gasteiger partial charge < -0.3 is 10.1 Å². The molecule has 0 amide bonds. The minimum atomic E-state index is -0.345. The summed E-state index contributed by atoms with van der Waals surface area (Å²) in [5.41, 5.74) is 1.27. The monoisotopic (exact) mass is 377 g/mol. The van der Waals surface area contributed by atoms with Crippen LogP contribution in [-0.2, 0) is 4.74 Å². The predicted molar refractivity (Wildman–Crippen MR) is 100 cm³/mol. The zero-order valence-corrected chi connectivity index (χ0v) is 15.5. The van der Waals surface area contributed by atoms with Crippen LogP contribution in [0.1, 0.15) is 50.0 Å². The third kappa shape index (κ3) is 3.50. The van der Waals surface area contributed by atoms with Crippen molar-refractivity contribution >= 4 is 17.3 Å². The summed E-state index contributed by atoms with van der Waals surface area (Å²) in [7, 11) is 0. The Labute approximate surface area is 157 Å². The maximum Gasteiger partial charge on any atom is 0.293 e. The Kier molecular flexibility index (Phi) is 5.26. The summed E-state index contributed by atoms with van der Waals surface area (Å²) in [6, 6.07) is 0. The van der Waals surface area contributed by atoms with Crippen molar-refractivity contribution in [3.05, 3.63) is 33.3 Å². The van der Waals surface area contributed by atoms with Crippen molar-refractivity contribution in [3.8, 4) is 5.82 Å². The summed E-state index contributed by atoms with van der Waals surface area (Å²) in [4.78, 5) is 12.8. The average Bonchev–Trinajstić information content (AvgIpc) is 3.35. The molecule has 2 N–H and O–H groups in total. The molecule has 0 aromatic carbocycles. The number of H-pyrrole nitrogens is 1. The van der Waals surface area contributed by atoms with Gasteiger partial charge in [0.25, 0.3) is 5.56 Å². The smallest absolute Gasteiger partial charge is 0.293 e. The van der Waals surface area contributed by atoms with Crippen molar-refractivity contribution in [1.29, 1.82) is 0 Å². The Hall–Kier alpha value is -1.86. The zero-order chi connectivity index (χ0) is 17.9. The fourth-order valence-corrected chi connectivity index (χ4v) is 4.12. The van der Waals surface area contributed by atoms with Crippen molar-refractivity contribution in [3.63, 3.8) is 0 Å². The van der Waals surface area contributed by atoms with Crippen LogP contribution in [0.15, 0.2) is 17.2 Å². The molecule has 2 fully saturated rings. The van der Waals surface area contributed by atoms with Crippen LogP contribution in [0.2, 0.25) is 5.02 Å². The Balaban J connectivity index is 1.54. The van der Waals surface area contributed by atoms with E-state index in [-0.39, 0.29) is 10.6 Å². The molecule has 1 aliphatic carbocycles. The summed E-state index contributed by atoms with van der Waals surface area (Å²) >= 11 is 6.34. The summed E-state index contributed by atoms with van der Waals surface area (Å²) in [6.07, 6.45) is 10.4. The molecule has 7 nitrogen and oxygen atoms in total. The quantitative estimate of drug-likeness (QED) is 0.836. The number of rotatable bonds is 5. The number of ether oxygens (including phenoxy) is 1. The van der Waals surface area contributed by atoms with Gasteiger partial charge in [-0.25, -0.2) is 0 Å². The summed E-state index contributed by atoms with van der Waals surface area (Å²) in [5, 5.41) is 14.9. The van der Waals surface area contributed by atoms with Crippen LogP contribution in [0.25, 0.3) is 5.82 Å². The van der Waals surface area contributed by atoms with Crippen molar-refractivity contribution in [2.45, 2.75) is 44.4 Å². The molecule has 26 heavy (non-hydrogen) atoms. The molecule has 0 bridgehead atoms. The molecule has 2 aliphatic rings. The molecule has 1 unspecified atom stereocenters. The second-order valence-electron chi connectivity index (χ2n) is 7.20. The number of aromatic amines is 1. The Morgan fingerprint density at radius 1 is 1.31 bits per heavy atom. The molecule has 1 saturated carbocycles. The first-order valence-electron chi connectivity index (χ1n) is 9.37. The highest BCUT2D eigenvalue weighted by Gasteiger charge is 2.24. The largest absolute Gasteiger partial charge is 0.382 e. The first-order chi connectivity index (χ1) is 12.7. The molecule has 1 saturated heterocycles. The highest BCUT2D eigenvalue weighted by molar-refractivity contribution is 6.32. The van der Waals surface area contributed by atoms with Gasteiger partial charge in [-0.2, -0.15) is 14.9 Å². The summed E-state index contributed by atoms with van der Waals surface area (Å²) < 4.78 is 6.80. The van der Waals surface area contributed by atoms with Crippen LogP contribution in [0.3, 0.4) is 0 Å². The SMILES string of the molecule is O=c1c(Cl)c(NCC2CCCOC2)cnn1-c1n[nH]cc1C1CCCC1. The molecule has 1 aliphatic heterocycles. The number of hydrogen-bond donors (Lipinski definition) is 2. The Morgan fingerprint density at radius 2 is 2.15 bits per heavy atom. The van der Waals surface area contributed by atoms with Gasteiger partial charge in [-0.15, -0.1) is 0 Å². The third-order valence-electron chi connectivity index (χ3n) is 5.40. The van der Waals surface area contributed by atoms with Crippen molar-refractivity contribution in [2.24, 2.45) is 5.92 Å². The van der Waals surface area contributed by atoms with E-state index in [9.17, 15) is 4.79 Å². The average molecular weight is 378 g/mol. The summed E-state index contributed by atoms with van der Waals surface area (Å²) in [5.74, 6) is 1.43. The van der Waals surface area contributed by atoms with E-state index in [1.165, 1.54) is 17.5 Å². The van der Waals surface area contributed by atoms with E-state index < -0.39 is 0 Å². The normalized spacial score (nSPS) is 21.2. The van der Waals surface area contributed by atoms with Gasteiger partial charge in [0.2, 0.25) is 0 Å². The second kappa shape index (κ2) is 7.80. The molecule has 140 valence electrons. The number of nitrogens with one attached hydrogen (secondary N) is 2. The zero-order valence-electron chi connectivity index (χ0n) is 14.7. The van der Waals surface area contributed by atoms with E-state index in [1.54, 1.807) is 6.20 Å². The molecule has 2 aromatic rings. The second-order valence-corrected chi connectivity index (χ2v) is 7.58. The lowest BCUT2D eigenvalue weighted by atomic mass is 10.0. The van der Waals surface area contributed by atoms with Crippen LogP contribution in [0.4, 0.5) is 5.69 Å². The van der Waals surface area contributed by atoms with E-state index in [4.69, 9.17) is 16.3 Å². The third-order valence-corrected chi connectivity index (χ3v) is 5.76. The molecule has 8 heteroatoms. The predicted octanol–water partition coefficient (Wildman–Crippen LogP) is 3.11. The van der Waals surface area contributed by atoms with Gasteiger partial charge in [0, 0.05) is 24.9 Å². The Bertz CT molecular complexity index is 806. The number of aromatic nitrogens is 4. The van der Waals surface area contributed by atoms with Crippen LogP contribution >= 0.6 is 11.6 Å². The maximum atomic E-state index is 12.8. The number of anilines is 1. The lowest BCUT2D eigenvalue weighted by Gasteiger charge is -2.22. The fourth-order valence-electron chi connectivity index (χ4n) is 3.93. The molecule has 4 rings (SSSR count). The van der Waals surface area contributed by atoms with Crippen molar-refractivity contribution < 1.29 is 4.74 Å². The van der Waals surface area contributed by atoms with Gasteiger partial charge in [0.15, 0.2) is 5.82 Å². The van der Waals surface area contributed by atoms with Gasteiger partial charge in [-0.1, -0.05) is 24.4 Å². The Morgan fingerprint density at radius 3 is 2.92 bits per heavy atom. The fraction of sp³-hybridized carbons (Fsp3) is 0.611. The highest BCUT2D eigenvalue weighted by atomic mass is 35.5. The molecule has 0 radical (unpaired) electrons. The van der Waals surface area contributed by atoms with Gasteiger partial charge in [-0.3, -0.25) is 9.89 Å². The minimum absolute atomic E-state index is 0.150. The van der Waals surface area contributed by atoms with Crippen LogP contribution in [0, 0.1) is 5.92 Å². The van der Waals surface area contributed by atoms with E-state index in [2.05, 4.69) is 20.6 Å². The van der Waals surface area contributed by atoms with Gasteiger partial charge in [-0.05, 0) is 37.5 Å². The van der Waals surface area contributed by atoms with Gasteiger partial charge in [0.05, 0.1) is 18.5 Å². The first-order valence-corrected chi connectivity index (χ1v) is 9.75. The van der Waals surface area contributed by atoms with Crippen LogP contribution in [-0.4, -0.2) is 39.7 Å². The van der Waals surface area contributed by atoms with Crippen LogP contribution < -0.4 is 10.9 Å². The molecular formula is C18H24ClN5O2. The van der Waals surface area contributed by atoms with E-state index >= 15 is 0 Å². The van der Waals surface area contributed by atoms with Gasteiger partial charge >= 0.3 is 0 Å². The first kappa shape index (κ1) is 17.5. The van der Waals surface area contributed by atoms with E-state index in [1.807, 2.05) is 6.20 Å². The number of halogens is 1. The lowest BCUT2D eigenvalue weighted by Crippen LogP contribution is -2.27. The molecular weight excluding hydrogens is 354 g/mol. The lowest BCUT2D eigenvalue weighted by molar-refractivity contribution is 0.0595. The van der Waals surface area contributed by atoms with Crippen LogP contribution in [0.5, 0.6) is 0 Å². The molecule has 3 heterocycles. The maximum absolute atomic E-state index is 12.8. The minimum Gasteiger partial charge on any atom is -0.382 e. The van der Waals surface area contributed by atoms with Gasteiger partial charge in [0.1, 0.15) is 5.02 Å². The highest BCUT2D eigenvalue weighted by Crippen LogP contribution is 2.36. The summed E-state index contributed by atoms with van der Waals surface area (Å²) in [6.45, 7) is 2.30. The number of hydrogen-bond acceptors (Lipinski definition) is 5. The van der Waals surface area contributed by atoms with Crippen molar-refractivity contribution in [1.82, 2.24) is 20.0 Å². The molecule has 0 spiro atoms. The standard InChI is InChI=1S/C18H24ClN5O2/c19-16-15(20-8-12-4-3-7-26-11-12)10-22-24(18(16)25)17-14(9-21-23-17)13-5-1-2-6-13/h9-10,12-13,20H,1-8,11H2,(H,21,23). The molecule has 2 aromatic heterocycles.